The second-order valence-electron chi connectivity index (χ2n) is 5.00. The molecule has 4 nitrogen and oxygen atoms in total. The van der Waals surface area contributed by atoms with Crippen molar-refractivity contribution in [3.8, 4) is 0 Å². The number of rotatable bonds is 2. The van der Waals surface area contributed by atoms with Gasteiger partial charge < -0.3 is 11.1 Å². The molecule has 3 N–H and O–H groups in total. The van der Waals surface area contributed by atoms with Crippen LogP contribution in [0.25, 0.3) is 0 Å². The molecular formula is C12H20N4. The summed E-state index contributed by atoms with van der Waals surface area (Å²) in [6.45, 7) is 4.20. The van der Waals surface area contributed by atoms with Gasteiger partial charge >= 0.3 is 0 Å². The van der Waals surface area contributed by atoms with Gasteiger partial charge in [0, 0.05) is 17.3 Å². The topological polar surface area (TPSA) is 63.8 Å². The third-order valence-corrected chi connectivity index (χ3v) is 3.26. The molecule has 1 aromatic rings. The van der Waals surface area contributed by atoms with Gasteiger partial charge in [-0.15, -0.1) is 0 Å². The van der Waals surface area contributed by atoms with E-state index in [0.29, 0.717) is 5.95 Å². The number of nitrogens with zero attached hydrogens (tertiary/aromatic N) is 2. The number of hydrogen-bond acceptors (Lipinski definition) is 4. The molecule has 0 radical (unpaired) electrons. The molecule has 0 aromatic carbocycles. The number of aromatic nitrogens is 2. The van der Waals surface area contributed by atoms with Crippen molar-refractivity contribution in [1.29, 1.82) is 0 Å². The molecule has 0 unspecified atom stereocenters. The highest BCUT2D eigenvalue weighted by molar-refractivity contribution is 5.42. The summed E-state index contributed by atoms with van der Waals surface area (Å²) < 4.78 is 0. The van der Waals surface area contributed by atoms with Crippen LogP contribution in [0.5, 0.6) is 0 Å². The Labute approximate surface area is 96.7 Å². The van der Waals surface area contributed by atoms with E-state index < -0.39 is 0 Å². The highest BCUT2D eigenvalue weighted by Crippen LogP contribution is 2.30. The van der Waals surface area contributed by atoms with Crippen molar-refractivity contribution in [1.82, 2.24) is 9.97 Å². The zero-order valence-corrected chi connectivity index (χ0v) is 10.1. The van der Waals surface area contributed by atoms with Gasteiger partial charge in [-0.3, -0.25) is 0 Å². The lowest BCUT2D eigenvalue weighted by Crippen LogP contribution is -2.37. The Kier molecular flexibility index (Phi) is 2.99. The number of hydrogen-bond donors (Lipinski definition) is 2. The van der Waals surface area contributed by atoms with E-state index in [-0.39, 0.29) is 5.54 Å². The van der Waals surface area contributed by atoms with Crippen LogP contribution >= 0.6 is 0 Å². The fourth-order valence-corrected chi connectivity index (χ4v) is 2.42. The largest absolute Gasteiger partial charge is 0.368 e. The average molecular weight is 220 g/mol. The zero-order valence-electron chi connectivity index (χ0n) is 10.1. The van der Waals surface area contributed by atoms with E-state index in [0.717, 1.165) is 11.5 Å². The molecule has 0 amide bonds. The second kappa shape index (κ2) is 4.28. The van der Waals surface area contributed by atoms with E-state index >= 15 is 0 Å². The Morgan fingerprint density at radius 2 is 1.94 bits per heavy atom. The van der Waals surface area contributed by atoms with Crippen LogP contribution < -0.4 is 11.1 Å². The van der Waals surface area contributed by atoms with Crippen molar-refractivity contribution in [3.63, 3.8) is 0 Å². The van der Waals surface area contributed by atoms with Crippen molar-refractivity contribution in [3.05, 3.63) is 11.8 Å². The first-order valence-corrected chi connectivity index (χ1v) is 5.97. The molecule has 0 bridgehead atoms. The molecule has 4 heteroatoms. The molecule has 88 valence electrons. The van der Waals surface area contributed by atoms with Gasteiger partial charge in [-0.2, -0.15) is 4.98 Å². The predicted molar refractivity (Wildman–Crippen MR) is 66.3 cm³/mol. The first kappa shape index (κ1) is 11.2. The Balaban J connectivity index is 2.13. The number of nitrogen functional groups attached to an aromatic ring is 1. The highest BCUT2D eigenvalue weighted by atomic mass is 15.1. The summed E-state index contributed by atoms with van der Waals surface area (Å²) in [6, 6.07) is 1.95. The lowest BCUT2D eigenvalue weighted by Gasteiger charge is -2.35. The maximum absolute atomic E-state index is 5.65. The standard InChI is InChI=1S/C12H20N4/c1-9-8-10(15-11(13)14-9)16-12(2)6-4-3-5-7-12/h8H,3-7H2,1-2H3,(H3,13,14,15,16). The van der Waals surface area contributed by atoms with Crippen molar-refractivity contribution < 1.29 is 0 Å². The third-order valence-electron chi connectivity index (χ3n) is 3.26. The van der Waals surface area contributed by atoms with Gasteiger partial charge in [0.2, 0.25) is 5.95 Å². The molecule has 1 saturated carbocycles. The van der Waals surface area contributed by atoms with E-state index in [1.165, 1.54) is 32.1 Å². The van der Waals surface area contributed by atoms with Gasteiger partial charge in [-0.05, 0) is 26.7 Å². The highest BCUT2D eigenvalue weighted by Gasteiger charge is 2.26. The Morgan fingerprint density at radius 3 is 2.56 bits per heavy atom. The fraction of sp³-hybridized carbons (Fsp3) is 0.667. The molecule has 16 heavy (non-hydrogen) atoms. The first-order valence-electron chi connectivity index (χ1n) is 5.97. The molecule has 0 atom stereocenters. The minimum atomic E-state index is 0.172. The monoisotopic (exact) mass is 220 g/mol. The molecule has 0 spiro atoms. The molecule has 0 aliphatic heterocycles. The quantitative estimate of drug-likeness (QED) is 0.803. The Bertz CT molecular complexity index is 349. The molecule has 0 saturated heterocycles. The lowest BCUT2D eigenvalue weighted by molar-refractivity contribution is 0.348. The smallest absolute Gasteiger partial charge is 0.222 e. The number of nitrogens with two attached hydrogens (primary N) is 1. The van der Waals surface area contributed by atoms with Crippen LogP contribution in [0, 0.1) is 6.92 Å². The zero-order chi connectivity index (χ0) is 11.6. The van der Waals surface area contributed by atoms with Crippen LogP contribution in [0.1, 0.15) is 44.7 Å². The van der Waals surface area contributed by atoms with E-state index in [1.807, 2.05) is 13.0 Å². The fourth-order valence-electron chi connectivity index (χ4n) is 2.42. The first-order chi connectivity index (χ1) is 7.57. The molecule has 1 heterocycles. The van der Waals surface area contributed by atoms with Crippen LogP contribution in [-0.2, 0) is 0 Å². The van der Waals surface area contributed by atoms with Crippen LogP contribution in [0.4, 0.5) is 11.8 Å². The third kappa shape index (κ3) is 2.62. The molecule has 1 aromatic heterocycles. The van der Waals surface area contributed by atoms with Gasteiger partial charge in [0.05, 0.1) is 0 Å². The number of anilines is 2. The maximum Gasteiger partial charge on any atom is 0.222 e. The van der Waals surface area contributed by atoms with E-state index in [1.54, 1.807) is 0 Å². The Hall–Kier alpha value is -1.32. The van der Waals surface area contributed by atoms with Crippen LogP contribution in [0.2, 0.25) is 0 Å². The van der Waals surface area contributed by atoms with Crippen molar-refractivity contribution in [2.75, 3.05) is 11.1 Å². The summed E-state index contributed by atoms with van der Waals surface area (Å²) >= 11 is 0. The SMILES string of the molecule is Cc1cc(NC2(C)CCCCC2)nc(N)n1. The summed E-state index contributed by atoms with van der Waals surface area (Å²) in [4.78, 5) is 8.31. The molecule has 1 aliphatic carbocycles. The number of nitrogens with one attached hydrogen (secondary N) is 1. The normalized spacial score (nSPS) is 19.4. The number of aryl methyl sites for hydroxylation is 1. The van der Waals surface area contributed by atoms with Crippen molar-refractivity contribution in [2.45, 2.75) is 51.5 Å². The lowest BCUT2D eigenvalue weighted by atomic mass is 9.83. The van der Waals surface area contributed by atoms with Gasteiger partial charge in [-0.1, -0.05) is 19.3 Å². The van der Waals surface area contributed by atoms with Crippen LogP contribution in [0.15, 0.2) is 6.07 Å². The van der Waals surface area contributed by atoms with E-state index in [9.17, 15) is 0 Å². The van der Waals surface area contributed by atoms with Crippen molar-refractivity contribution in [2.24, 2.45) is 0 Å². The van der Waals surface area contributed by atoms with Gasteiger partial charge in [0.1, 0.15) is 5.82 Å². The van der Waals surface area contributed by atoms with Gasteiger partial charge in [0.15, 0.2) is 0 Å². The summed E-state index contributed by atoms with van der Waals surface area (Å²) in [7, 11) is 0. The minimum Gasteiger partial charge on any atom is -0.368 e. The average Bonchev–Trinajstić information content (AvgIpc) is 2.15. The molecular weight excluding hydrogens is 200 g/mol. The molecule has 1 fully saturated rings. The maximum atomic E-state index is 5.65. The molecule has 2 rings (SSSR count). The summed E-state index contributed by atoms with van der Waals surface area (Å²) in [5, 5.41) is 3.51. The Morgan fingerprint density at radius 1 is 1.25 bits per heavy atom. The van der Waals surface area contributed by atoms with Crippen LogP contribution in [-0.4, -0.2) is 15.5 Å². The summed E-state index contributed by atoms with van der Waals surface area (Å²) in [5.41, 5.74) is 6.73. The van der Waals surface area contributed by atoms with E-state index in [4.69, 9.17) is 5.73 Å². The van der Waals surface area contributed by atoms with Crippen molar-refractivity contribution >= 4 is 11.8 Å². The summed E-state index contributed by atoms with van der Waals surface area (Å²) in [6.07, 6.45) is 6.35. The molecule has 1 aliphatic rings. The van der Waals surface area contributed by atoms with Gasteiger partial charge in [0.25, 0.3) is 0 Å². The van der Waals surface area contributed by atoms with E-state index in [2.05, 4.69) is 22.2 Å². The van der Waals surface area contributed by atoms with Crippen LogP contribution in [0.3, 0.4) is 0 Å². The predicted octanol–water partition coefficient (Wildman–Crippen LogP) is 2.50. The second-order valence-corrected chi connectivity index (χ2v) is 5.00. The summed E-state index contributed by atoms with van der Waals surface area (Å²) in [5.74, 6) is 1.20. The van der Waals surface area contributed by atoms with Gasteiger partial charge in [-0.25, -0.2) is 4.98 Å². The minimum absolute atomic E-state index is 0.172.